The van der Waals surface area contributed by atoms with Gasteiger partial charge in [-0.25, -0.2) is 4.79 Å². The van der Waals surface area contributed by atoms with Crippen LogP contribution in [0.5, 0.6) is 0 Å². The van der Waals surface area contributed by atoms with Crippen molar-refractivity contribution in [2.24, 2.45) is 5.92 Å². The number of hydrogen-bond acceptors (Lipinski definition) is 3. The van der Waals surface area contributed by atoms with E-state index in [0.29, 0.717) is 25.3 Å². The van der Waals surface area contributed by atoms with Crippen LogP contribution in [0.3, 0.4) is 0 Å². The first kappa shape index (κ1) is 18.3. The van der Waals surface area contributed by atoms with Gasteiger partial charge in [-0.2, -0.15) is 0 Å². The van der Waals surface area contributed by atoms with Crippen molar-refractivity contribution >= 4 is 27.9 Å². The number of nitrogens with zero attached hydrogens (tertiary/aromatic N) is 1. The van der Waals surface area contributed by atoms with Crippen LogP contribution in [0, 0.1) is 5.92 Å². The quantitative estimate of drug-likeness (QED) is 0.782. The van der Waals surface area contributed by atoms with E-state index in [-0.39, 0.29) is 18.0 Å². The van der Waals surface area contributed by atoms with Crippen molar-refractivity contribution in [3.8, 4) is 0 Å². The summed E-state index contributed by atoms with van der Waals surface area (Å²) < 4.78 is 5.50. The summed E-state index contributed by atoms with van der Waals surface area (Å²) in [5, 5.41) is 3.51. The molecular weight excluding hydrogens is 336 g/mol. The van der Waals surface area contributed by atoms with Crippen molar-refractivity contribution < 1.29 is 14.3 Å². The highest BCUT2D eigenvalue weighted by molar-refractivity contribution is 9.09. The summed E-state index contributed by atoms with van der Waals surface area (Å²) >= 11 is 3.50. The number of hydrogen-bond donors (Lipinski definition) is 1. The van der Waals surface area contributed by atoms with E-state index in [1.165, 1.54) is 0 Å². The van der Waals surface area contributed by atoms with Gasteiger partial charge < -0.3 is 15.0 Å². The summed E-state index contributed by atoms with van der Waals surface area (Å²) in [4.78, 5) is 25.6. The minimum Gasteiger partial charge on any atom is -0.444 e. The van der Waals surface area contributed by atoms with E-state index in [2.05, 4.69) is 21.2 Å². The van der Waals surface area contributed by atoms with Crippen molar-refractivity contribution in [3.05, 3.63) is 0 Å². The Balaban J connectivity index is 2.69. The summed E-state index contributed by atoms with van der Waals surface area (Å²) in [5.74, 6) is 0.468. The zero-order valence-electron chi connectivity index (χ0n) is 13.4. The molecule has 2 amide bonds. The Morgan fingerprint density at radius 2 is 2.00 bits per heavy atom. The fourth-order valence-corrected chi connectivity index (χ4v) is 3.02. The van der Waals surface area contributed by atoms with Gasteiger partial charge in [0.25, 0.3) is 0 Å². The van der Waals surface area contributed by atoms with Crippen LogP contribution in [0.15, 0.2) is 0 Å². The minimum absolute atomic E-state index is 0.0155. The van der Waals surface area contributed by atoms with Gasteiger partial charge in [-0.05, 0) is 46.0 Å². The molecule has 2 atom stereocenters. The van der Waals surface area contributed by atoms with E-state index in [1.807, 2.05) is 25.7 Å². The zero-order chi connectivity index (χ0) is 16.0. The SMILES string of the molecule is CNC(=O)CCC1CCC(CBr)CN1C(=O)OC(C)(C)C. The number of carbonyl (C=O) groups is 2. The monoisotopic (exact) mass is 362 g/mol. The fraction of sp³-hybridized carbons (Fsp3) is 0.867. The standard InChI is InChI=1S/C15H27BrN2O3/c1-15(2,3)21-14(20)18-10-11(9-16)5-6-12(18)7-8-13(19)17-4/h11-12H,5-10H2,1-4H3,(H,17,19). The predicted molar refractivity (Wildman–Crippen MR) is 86.5 cm³/mol. The highest BCUT2D eigenvalue weighted by Gasteiger charge is 2.33. The lowest BCUT2D eigenvalue weighted by molar-refractivity contribution is -0.121. The smallest absolute Gasteiger partial charge is 0.410 e. The maximum absolute atomic E-state index is 12.4. The molecule has 21 heavy (non-hydrogen) atoms. The molecule has 1 N–H and O–H groups in total. The minimum atomic E-state index is -0.496. The average molecular weight is 363 g/mol. The Morgan fingerprint density at radius 1 is 1.33 bits per heavy atom. The van der Waals surface area contributed by atoms with E-state index in [0.717, 1.165) is 18.2 Å². The molecule has 1 aliphatic rings. The first-order chi connectivity index (χ1) is 9.76. The van der Waals surface area contributed by atoms with Gasteiger partial charge in [0.1, 0.15) is 5.60 Å². The molecule has 1 fully saturated rings. The lowest BCUT2D eigenvalue weighted by Gasteiger charge is -2.39. The molecule has 1 rings (SSSR count). The van der Waals surface area contributed by atoms with Crippen molar-refractivity contribution in [1.29, 1.82) is 0 Å². The molecule has 0 saturated carbocycles. The van der Waals surface area contributed by atoms with Crippen LogP contribution < -0.4 is 5.32 Å². The number of halogens is 1. The van der Waals surface area contributed by atoms with E-state index in [1.54, 1.807) is 7.05 Å². The first-order valence-corrected chi connectivity index (χ1v) is 8.65. The van der Waals surface area contributed by atoms with Gasteiger partial charge in [0.15, 0.2) is 0 Å². The number of amides is 2. The van der Waals surface area contributed by atoms with Crippen molar-refractivity contribution in [1.82, 2.24) is 10.2 Å². The summed E-state index contributed by atoms with van der Waals surface area (Å²) in [6, 6.07) is 0.0902. The zero-order valence-corrected chi connectivity index (χ0v) is 15.0. The molecule has 5 nitrogen and oxygen atoms in total. The molecule has 6 heteroatoms. The molecule has 1 saturated heterocycles. The third-order valence-corrected chi connectivity index (χ3v) is 4.55. The van der Waals surface area contributed by atoms with Gasteiger partial charge in [0, 0.05) is 31.4 Å². The van der Waals surface area contributed by atoms with E-state index in [4.69, 9.17) is 4.74 Å². The summed E-state index contributed by atoms with van der Waals surface area (Å²) in [7, 11) is 1.63. The van der Waals surface area contributed by atoms with Crippen LogP contribution in [0.2, 0.25) is 0 Å². The number of rotatable bonds is 4. The number of nitrogens with one attached hydrogen (secondary N) is 1. The van der Waals surface area contributed by atoms with Gasteiger partial charge in [0.2, 0.25) is 5.91 Å². The van der Waals surface area contributed by atoms with Crippen LogP contribution in [0.4, 0.5) is 4.79 Å². The Hall–Kier alpha value is -0.780. The fourth-order valence-electron chi connectivity index (χ4n) is 2.50. The molecule has 0 aromatic heterocycles. The summed E-state index contributed by atoms with van der Waals surface area (Å²) in [5.41, 5.74) is -0.496. The molecule has 1 aliphatic heterocycles. The van der Waals surface area contributed by atoms with Crippen molar-refractivity contribution in [2.45, 2.75) is 58.1 Å². The largest absolute Gasteiger partial charge is 0.444 e. The second kappa shape index (κ2) is 8.01. The first-order valence-electron chi connectivity index (χ1n) is 7.53. The van der Waals surface area contributed by atoms with Gasteiger partial charge in [-0.15, -0.1) is 0 Å². The van der Waals surface area contributed by atoms with Crippen LogP contribution in [0.25, 0.3) is 0 Å². The normalized spacial score (nSPS) is 22.8. The maximum Gasteiger partial charge on any atom is 0.410 e. The molecule has 0 spiro atoms. The Bertz CT molecular complexity index is 368. The van der Waals surface area contributed by atoms with Crippen molar-refractivity contribution in [2.75, 3.05) is 18.9 Å². The van der Waals surface area contributed by atoms with Crippen LogP contribution >= 0.6 is 15.9 Å². The third-order valence-electron chi connectivity index (χ3n) is 3.63. The van der Waals surface area contributed by atoms with Crippen LogP contribution in [-0.4, -0.2) is 47.5 Å². The summed E-state index contributed by atoms with van der Waals surface area (Å²) in [6.07, 6.45) is 2.86. The number of piperidine rings is 1. The van der Waals surface area contributed by atoms with E-state index < -0.39 is 5.60 Å². The number of ether oxygens (including phenoxy) is 1. The lowest BCUT2D eigenvalue weighted by atomic mass is 9.92. The molecule has 0 aromatic rings. The maximum atomic E-state index is 12.4. The van der Waals surface area contributed by atoms with Crippen LogP contribution in [-0.2, 0) is 9.53 Å². The summed E-state index contributed by atoms with van der Waals surface area (Å²) in [6.45, 7) is 6.31. The van der Waals surface area contributed by atoms with Gasteiger partial charge in [-0.1, -0.05) is 15.9 Å². The predicted octanol–water partition coefficient (Wildman–Crippen LogP) is 2.92. The van der Waals surface area contributed by atoms with Gasteiger partial charge >= 0.3 is 6.09 Å². The number of carbonyl (C=O) groups excluding carboxylic acids is 2. The highest BCUT2D eigenvalue weighted by Crippen LogP contribution is 2.27. The number of alkyl halides is 1. The third kappa shape index (κ3) is 6.24. The second-order valence-electron chi connectivity index (χ2n) is 6.60. The lowest BCUT2D eigenvalue weighted by Crippen LogP contribution is -2.49. The molecular formula is C15H27BrN2O3. The molecule has 0 bridgehead atoms. The van der Waals surface area contributed by atoms with Gasteiger partial charge in [0.05, 0.1) is 0 Å². The van der Waals surface area contributed by atoms with E-state index >= 15 is 0 Å². The Kier molecular flexibility index (Phi) is 6.97. The Labute approximate surface area is 135 Å². The molecule has 2 unspecified atom stereocenters. The van der Waals surface area contributed by atoms with Crippen molar-refractivity contribution in [3.63, 3.8) is 0 Å². The molecule has 1 heterocycles. The number of likely N-dealkylation sites (tertiary alicyclic amines) is 1. The molecule has 0 radical (unpaired) electrons. The van der Waals surface area contributed by atoms with Gasteiger partial charge in [-0.3, -0.25) is 4.79 Å². The molecule has 0 aromatic carbocycles. The van der Waals surface area contributed by atoms with Crippen LogP contribution in [0.1, 0.15) is 46.5 Å². The highest BCUT2D eigenvalue weighted by atomic mass is 79.9. The Morgan fingerprint density at radius 3 is 2.52 bits per heavy atom. The average Bonchev–Trinajstić information content (AvgIpc) is 2.42. The topological polar surface area (TPSA) is 58.6 Å². The van der Waals surface area contributed by atoms with E-state index in [9.17, 15) is 9.59 Å². The second-order valence-corrected chi connectivity index (χ2v) is 7.24. The molecule has 0 aliphatic carbocycles. The molecule has 122 valence electrons.